The molecule has 0 aliphatic carbocycles. The van der Waals surface area contributed by atoms with E-state index >= 15 is 0 Å². The first-order valence-electron chi connectivity index (χ1n) is 9.71. The second-order valence-electron chi connectivity index (χ2n) is 7.05. The SMILES string of the molecule is CCc1ccc(C2CNCCN2Cc2nc(Cc3ccccc3)no2)cc1. The van der Waals surface area contributed by atoms with Gasteiger partial charge in [-0.15, -0.1) is 0 Å². The van der Waals surface area contributed by atoms with Crippen LogP contribution in [0.25, 0.3) is 0 Å². The fourth-order valence-corrected chi connectivity index (χ4v) is 3.62. The van der Waals surface area contributed by atoms with Gasteiger partial charge in [0.2, 0.25) is 5.89 Å². The lowest BCUT2D eigenvalue weighted by molar-refractivity contribution is 0.135. The van der Waals surface area contributed by atoms with Crippen molar-refractivity contribution in [1.82, 2.24) is 20.4 Å². The van der Waals surface area contributed by atoms with E-state index in [-0.39, 0.29) is 0 Å². The Hall–Kier alpha value is -2.50. The average Bonchev–Trinajstić information content (AvgIpc) is 3.16. The Balaban J connectivity index is 1.45. The molecule has 1 fully saturated rings. The van der Waals surface area contributed by atoms with Crippen LogP contribution in [0.5, 0.6) is 0 Å². The number of rotatable bonds is 6. The van der Waals surface area contributed by atoms with Gasteiger partial charge in [0.25, 0.3) is 0 Å². The minimum absolute atomic E-state index is 0.328. The molecule has 0 radical (unpaired) electrons. The highest BCUT2D eigenvalue weighted by Gasteiger charge is 2.25. The summed E-state index contributed by atoms with van der Waals surface area (Å²) in [4.78, 5) is 7.04. The summed E-state index contributed by atoms with van der Waals surface area (Å²) in [6, 6.07) is 19.5. The Labute approximate surface area is 160 Å². The van der Waals surface area contributed by atoms with Gasteiger partial charge in [-0.05, 0) is 23.1 Å². The molecule has 1 saturated heterocycles. The number of piperazine rings is 1. The molecular formula is C22H26N4O. The molecule has 140 valence electrons. The molecular weight excluding hydrogens is 336 g/mol. The Morgan fingerprint density at radius 1 is 1.07 bits per heavy atom. The van der Waals surface area contributed by atoms with Gasteiger partial charge >= 0.3 is 0 Å². The van der Waals surface area contributed by atoms with Crippen LogP contribution in [0.1, 0.15) is 41.4 Å². The van der Waals surface area contributed by atoms with E-state index in [2.05, 4.69) is 63.7 Å². The highest BCUT2D eigenvalue weighted by molar-refractivity contribution is 5.26. The van der Waals surface area contributed by atoms with Crippen molar-refractivity contribution in [3.05, 3.63) is 83.0 Å². The maximum atomic E-state index is 5.54. The summed E-state index contributed by atoms with van der Waals surface area (Å²) in [5.41, 5.74) is 3.90. The number of nitrogens with one attached hydrogen (secondary N) is 1. The van der Waals surface area contributed by atoms with E-state index in [1.807, 2.05) is 18.2 Å². The van der Waals surface area contributed by atoms with Gasteiger partial charge in [0.15, 0.2) is 5.82 Å². The van der Waals surface area contributed by atoms with E-state index in [0.29, 0.717) is 24.9 Å². The van der Waals surface area contributed by atoms with E-state index in [4.69, 9.17) is 4.52 Å². The summed E-state index contributed by atoms with van der Waals surface area (Å²) < 4.78 is 5.54. The van der Waals surface area contributed by atoms with Gasteiger partial charge in [-0.3, -0.25) is 4.90 Å². The third-order valence-electron chi connectivity index (χ3n) is 5.18. The molecule has 1 atom stereocenters. The standard InChI is InChI=1S/C22H26N4O/c1-2-17-8-10-19(11-9-17)20-15-23-12-13-26(20)16-22-24-21(25-27-22)14-18-6-4-3-5-7-18/h3-11,20,23H,2,12-16H2,1H3. The summed E-state index contributed by atoms with van der Waals surface area (Å²) in [5.74, 6) is 1.44. The zero-order valence-corrected chi connectivity index (χ0v) is 15.8. The maximum Gasteiger partial charge on any atom is 0.240 e. The van der Waals surface area contributed by atoms with Crippen LogP contribution in [-0.4, -0.2) is 34.7 Å². The Bertz CT molecular complexity index is 844. The Morgan fingerprint density at radius 2 is 1.89 bits per heavy atom. The lowest BCUT2D eigenvalue weighted by Crippen LogP contribution is -2.45. The van der Waals surface area contributed by atoms with Crippen molar-refractivity contribution in [1.29, 1.82) is 0 Å². The van der Waals surface area contributed by atoms with Crippen molar-refractivity contribution in [3.63, 3.8) is 0 Å². The zero-order chi connectivity index (χ0) is 18.5. The van der Waals surface area contributed by atoms with Crippen LogP contribution in [-0.2, 0) is 19.4 Å². The van der Waals surface area contributed by atoms with Crippen LogP contribution < -0.4 is 5.32 Å². The van der Waals surface area contributed by atoms with E-state index in [0.717, 1.165) is 31.9 Å². The van der Waals surface area contributed by atoms with Crippen molar-refractivity contribution in [2.24, 2.45) is 0 Å². The summed E-state index contributed by atoms with van der Waals surface area (Å²) in [5, 5.41) is 7.68. The second-order valence-corrected chi connectivity index (χ2v) is 7.05. The molecule has 0 bridgehead atoms. The molecule has 5 nitrogen and oxygen atoms in total. The van der Waals surface area contributed by atoms with Crippen LogP contribution in [0.2, 0.25) is 0 Å². The summed E-state index contributed by atoms with van der Waals surface area (Å²) >= 11 is 0. The van der Waals surface area contributed by atoms with Crippen LogP contribution in [0.4, 0.5) is 0 Å². The fourth-order valence-electron chi connectivity index (χ4n) is 3.62. The number of hydrogen-bond acceptors (Lipinski definition) is 5. The highest BCUT2D eigenvalue weighted by Crippen LogP contribution is 2.24. The molecule has 5 heteroatoms. The Kier molecular flexibility index (Phi) is 5.61. The van der Waals surface area contributed by atoms with Crippen LogP contribution >= 0.6 is 0 Å². The number of benzene rings is 2. The van der Waals surface area contributed by atoms with Gasteiger partial charge < -0.3 is 9.84 Å². The van der Waals surface area contributed by atoms with Gasteiger partial charge in [-0.2, -0.15) is 4.98 Å². The molecule has 0 amide bonds. The molecule has 1 aliphatic rings. The number of hydrogen-bond donors (Lipinski definition) is 1. The summed E-state index contributed by atoms with van der Waals surface area (Å²) in [6.07, 6.45) is 1.77. The van der Waals surface area contributed by atoms with E-state index < -0.39 is 0 Å². The van der Waals surface area contributed by atoms with E-state index in [9.17, 15) is 0 Å². The van der Waals surface area contributed by atoms with Gasteiger partial charge in [-0.25, -0.2) is 0 Å². The first kappa shape index (κ1) is 17.9. The molecule has 27 heavy (non-hydrogen) atoms. The van der Waals surface area contributed by atoms with Crippen molar-refractivity contribution in [3.8, 4) is 0 Å². The normalized spacial score (nSPS) is 17.9. The zero-order valence-electron chi connectivity index (χ0n) is 15.8. The predicted octanol–water partition coefficient (Wildman–Crippen LogP) is 3.37. The average molecular weight is 362 g/mol. The number of aromatic nitrogens is 2. The molecule has 1 N–H and O–H groups in total. The summed E-state index contributed by atoms with van der Waals surface area (Å²) in [6.45, 7) is 5.76. The smallest absolute Gasteiger partial charge is 0.240 e. The van der Waals surface area contributed by atoms with Crippen molar-refractivity contribution in [2.45, 2.75) is 32.4 Å². The van der Waals surface area contributed by atoms with Gasteiger partial charge in [0.1, 0.15) is 0 Å². The molecule has 3 aromatic rings. The van der Waals surface area contributed by atoms with Crippen LogP contribution in [0.15, 0.2) is 59.1 Å². The predicted molar refractivity (Wildman–Crippen MR) is 105 cm³/mol. The summed E-state index contributed by atoms with van der Waals surface area (Å²) in [7, 11) is 0. The first-order valence-corrected chi connectivity index (χ1v) is 9.71. The molecule has 2 heterocycles. The quantitative estimate of drug-likeness (QED) is 0.729. The lowest BCUT2D eigenvalue weighted by atomic mass is 10.0. The topological polar surface area (TPSA) is 54.2 Å². The highest BCUT2D eigenvalue weighted by atomic mass is 16.5. The second kappa shape index (κ2) is 8.46. The van der Waals surface area contributed by atoms with Gasteiger partial charge in [0, 0.05) is 32.1 Å². The Morgan fingerprint density at radius 3 is 2.67 bits per heavy atom. The van der Waals surface area contributed by atoms with Crippen LogP contribution in [0, 0.1) is 0 Å². The molecule has 1 aliphatic heterocycles. The maximum absolute atomic E-state index is 5.54. The number of aryl methyl sites for hydroxylation is 1. The molecule has 0 spiro atoms. The monoisotopic (exact) mass is 362 g/mol. The largest absolute Gasteiger partial charge is 0.338 e. The minimum atomic E-state index is 0.328. The first-order chi connectivity index (χ1) is 13.3. The minimum Gasteiger partial charge on any atom is -0.338 e. The lowest BCUT2D eigenvalue weighted by Gasteiger charge is -2.35. The van der Waals surface area contributed by atoms with Crippen molar-refractivity contribution < 1.29 is 4.52 Å². The molecule has 4 rings (SSSR count). The molecule has 1 aromatic heterocycles. The number of nitrogens with zero attached hydrogens (tertiary/aromatic N) is 3. The molecule has 0 saturated carbocycles. The van der Waals surface area contributed by atoms with Gasteiger partial charge in [0.05, 0.1) is 6.54 Å². The van der Waals surface area contributed by atoms with Crippen molar-refractivity contribution >= 4 is 0 Å². The van der Waals surface area contributed by atoms with Crippen LogP contribution in [0.3, 0.4) is 0 Å². The third-order valence-corrected chi connectivity index (χ3v) is 5.18. The molecule has 2 aromatic carbocycles. The van der Waals surface area contributed by atoms with E-state index in [1.165, 1.54) is 16.7 Å². The fraction of sp³-hybridized carbons (Fsp3) is 0.364. The van der Waals surface area contributed by atoms with Gasteiger partial charge in [-0.1, -0.05) is 66.7 Å². The van der Waals surface area contributed by atoms with E-state index in [1.54, 1.807) is 0 Å². The van der Waals surface area contributed by atoms with Crippen molar-refractivity contribution in [2.75, 3.05) is 19.6 Å². The third kappa shape index (κ3) is 4.43. The molecule has 1 unspecified atom stereocenters.